The van der Waals surface area contributed by atoms with Crippen LogP contribution < -0.4 is 11.2 Å². The average Bonchev–Trinajstić information content (AvgIpc) is 3.15. The van der Waals surface area contributed by atoms with E-state index in [2.05, 4.69) is 18.1 Å². The van der Waals surface area contributed by atoms with Crippen LogP contribution >= 0.6 is 15.6 Å². The number of nitrogens with one attached hydrogen (secondary N) is 1. The summed E-state index contributed by atoms with van der Waals surface area (Å²) in [7, 11) is -10.7. The molecule has 0 bridgehead atoms. The van der Waals surface area contributed by atoms with E-state index in [4.69, 9.17) is 4.74 Å². The van der Waals surface area contributed by atoms with Gasteiger partial charge in [0, 0.05) is 12.3 Å². The first kappa shape index (κ1) is 27.3. The van der Waals surface area contributed by atoms with E-state index in [9.17, 15) is 54.0 Å². The number of ether oxygens (including phenoxy) is 2. The van der Waals surface area contributed by atoms with Gasteiger partial charge in [-0.05, 0) is 0 Å². The molecule has 0 radical (unpaired) electrons. The van der Waals surface area contributed by atoms with Crippen LogP contribution in [0.1, 0.15) is 6.23 Å². The van der Waals surface area contributed by atoms with Crippen LogP contribution in [0.4, 0.5) is 0 Å². The number of aromatic nitrogens is 2. The van der Waals surface area contributed by atoms with E-state index in [0.717, 1.165) is 16.8 Å². The minimum atomic E-state index is -5.35. The largest absolute Gasteiger partial charge is 0.481 e. The van der Waals surface area contributed by atoms with E-state index in [0.29, 0.717) is 0 Å². The molecule has 18 nitrogen and oxygen atoms in total. The lowest BCUT2D eigenvalue weighted by molar-refractivity contribution is -0.132. The van der Waals surface area contributed by atoms with Crippen molar-refractivity contribution in [3.8, 4) is 0 Å². The topological polar surface area (TPSA) is 277 Å². The van der Waals surface area contributed by atoms with Gasteiger partial charge in [-0.1, -0.05) is 0 Å². The number of hydrogen-bond acceptors (Lipinski definition) is 14. The van der Waals surface area contributed by atoms with Crippen molar-refractivity contribution in [3.05, 3.63) is 33.1 Å². The Labute approximate surface area is 188 Å². The molecule has 2 unspecified atom stereocenters. The van der Waals surface area contributed by atoms with Crippen molar-refractivity contribution in [1.29, 1.82) is 0 Å². The fourth-order valence-corrected chi connectivity index (χ4v) is 5.19. The molecule has 2 aliphatic heterocycles. The van der Waals surface area contributed by atoms with Crippen molar-refractivity contribution in [2.24, 2.45) is 0 Å². The van der Waals surface area contributed by atoms with Crippen LogP contribution in [0.25, 0.3) is 0 Å². The summed E-state index contributed by atoms with van der Waals surface area (Å²) in [6.45, 7) is -1.90. The van der Waals surface area contributed by atoms with E-state index >= 15 is 0 Å². The van der Waals surface area contributed by atoms with Crippen molar-refractivity contribution in [3.63, 3.8) is 0 Å². The highest BCUT2D eigenvalue weighted by atomic mass is 31.3. The van der Waals surface area contributed by atoms with Crippen LogP contribution in [-0.2, 0) is 32.0 Å². The summed E-state index contributed by atoms with van der Waals surface area (Å²) in [5.41, 5.74) is -1.71. The number of hydrogen-bond donors (Lipinski definition) is 8. The number of nitrogens with zero attached hydrogens (tertiary/aromatic N) is 1. The second-order valence-corrected chi connectivity index (χ2v) is 10.3. The zero-order valence-corrected chi connectivity index (χ0v) is 18.6. The summed E-state index contributed by atoms with van der Waals surface area (Å²) >= 11 is 0. The summed E-state index contributed by atoms with van der Waals surface area (Å²) in [4.78, 5) is 44.2. The summed E-state index contributed by atoms with van der Waals surface area (Å²) in [6, 6.07) is 0.944. The van der Waals surface area contributed by atoms with Gasteiger partial charge in [0.25, 0.3) is 5.56 Å². The summed E-state index contributed by atoms with van der Waals surface area (Å²) < 4.78 is 47.6. The van der Waals surface area contributed by atoms with Crippen LogP contribution in [0.5, 0.6) is 0 Å². The first-order chi connectivity index (χ1) is 15.7. The van der Waals surface area contributed by atoms with Gasteiger partial charge in [-0.25, -0.2) is 13.9 Å². The fraction of sp³-hybridized carbons (Fsp3) is 0.714. The van der Waals surface area contributed by atoms with E-state index in [1.54, 1.807) is 0 Å². The minimum Gasteiger partial charge on any atom is -0.387 e. The van der Waals surface area contributed by atoms with Gasteiger partial charge in [0.15, 0.2) is 12.5 Å². The lowest BCUT2D eigenvalue weighted by atomic mass is 10.1. The van der Waals surface area contributed by atoms with Gasteiger partial charge in [-0.2, -0.15) is 4.31 Å². The normalized spacial score (nSPS) is 37.4. The molecule has 2 aliphatic rings. The second-order valence-electron chi connectivity index (χ2n) is 7.22. The summed E-state index contributed by atoms with van der Waals surface area (Å²) in [5.74, 6) is 0. The Morgan fingerprint density at radius 2 is 1.41 bits per heavy atom. The molecule has 3 rings (SSSR count). The van der Waals surface area contributed by atoms with Gasteiger partial charge in [0.2, 0.25) is 0 Å². The van der Waals surface area contributed by atoms with Crippen LogP contribution in [0.15, 0.2) is 21.9 Å². The molecule has 194 valence electrons. The third-order valence-electron chi connectivity index (χ3n) is 4.81. The molecule has 1 aromatic rings. The number of phosphoric acid groups is 2. The minimum absolute atomic E-state index is 0.732. The third kappa shape index (κ3) is 6.26. The van der Waals surface area contributed by atoms with Gasteiger partial charge in [0.05, 0.1) is 13.2 Å². The maximum atomic E-state index is 12.0. The fourth-order valence-electron chi connectivity index (χ4n) is 3.10. The van der Waals surface area contributed by atoms with Crippen molar-refractivity contribution in [2.45, 2.75) is 49.1 Å². The molecule has 2 saturated heterocycles. The number of aromatic amines is 1. The molecule has 0 saturated carbocycles. The second kappa shape index (κ2) is 10.3. The highest BCUT2D eigenvalue weighted by molar-refractivity contribution is 7.61. The molecular weight excluding hydrogens is 514 g/mol. The molecule has 3 heterocycles. The van der Waals surface area contributed by atoms with Crippen molar-refractivity contribution in [1.82, 2.24) is 9.55 Å². The molecule has 2 fully saturated rings. The van der Waals surface area contributed by atoms with Gasteiger partial charge >= 0.3 is 21.3 Å². The average molecular weight is 536 g/mol. The first-order valence-corrected chi connectivity index (χ1v) is 12.4. The van der Waals surface area contributed by atoms with Crippen molar-refractivity contribution in [2.75, 3.05) is 13.2 Å². The lowest BCUT2D eigenvalue weighted by Crippen LogP contribution is -2.37. The number of rotatable bonds is 9. The molecule has 0 aromatic carbocycles. The molecule has 34 heavy (non-hydrogen) atoms. The van der Waals surface area contributed by atoms with Gasteiger partial charge in [-0.3, -0.25) is 23.4 Å². The van der Waals surface area contributed by atoms with Crippen LogP contribution in [0.3, 0.4) is 0 Å². The molecule has 0 amide bonds. The number of aliphatic hydroxyl groups is 5. The van der Waals surface area contributed by atoms with Crippen molar-refractivity contribution < 1.29 is 67.3 Å². The monoisotopic (exact) mass is 536 g/mol. The van der Waals surface area contributed by atoms with E-state index in [1.165, 1.54) is 0 Å². The number of H-pyrrole nitrogens is 1. The SMILES string of the molecule is O=c1ccn([C@@H]2O[C@H](COP(=O)(O)OP(=O)(O)OC[C@H]3O[C@H](O)[C@@H](O)[C@@H]3O)[C@@H](O)[C@H]2O)c(=O)[nH]1. The molecule has 10 atom stereocenters. The predicted octanol–water partition coefficient (Wildman–Crippen LogP) is -4.15. The molecule has 0 aliphatic carbocycles. The summed E-state index contributed by atoms with van der Waals surface area (Å²) in [5, 5.41) is 48.4. The van der Waals surface area contributed by atoms with E-state index in [1.807, 2.05) is 4.98 Å². The first-order valence-electron chi connectivity index (χ1n) is 9.39. The molecule has 0 spiro atoms. The van der Waals surface area contributed by atoms with Gasteiger partial charge < -0.3 is 44.8 Å². The Morgan fingerprint density at radius 1 is 0.882 bits per heavy atom. The Kier molecular flexibility index (Phi) is 8.28. The van der Waals surface area contributed by atoms with Crippen LogP contribution in [0.2, 0.25) is 0 Å². The standard InChI is InChI=1S/C14H22N2O16P2/c17-7-1-2-16(14(23)15-7)12-10(20)8(18)5(30-12)3-28-33(24,25)32-34(26,27)29-4-6-9(19)11(21)13(22)31-6/h1-2,5-6,8-13,18-22H,3-4H2,(H,24,25)(H,26,27)(H,15,17,23)/t5-,6-,8-,9-,10-,11+,12-,13+/m1/s1. The van der Waals surface area contributed by atoms with E-state index < -0.39 is 89.2 Å². The Balaban J connectivity index is 1.55. The smallest absolute Gasteiger partial charge is 0.387 e. The number of aliphatic hydroxyl groups excluding tert-OH is 5. The van der Waals surface area contributed by atoms with E-state index in [-0.39, 0.29) is 0 Å². The highest BCUT2D eigenvalue weighted by Crippen LogP contribution is 2.60. The van der Waals surface area contributed by atoms with Gasteiger partial charge in [0.1, 0.15) is 36.6 Å². The highest BCUT2D eigenvalue weighted by Gasteiger charge is 2.47. The van der Waals surface area contributed by atoms with Gasteiger partial charge in [-0.15, -0.1) is 0 Å². The molecule has 8 N–H and O–H groups in total. The molecular formula is C14H22N2O16P2. The maximum absolute atomic E-state index is 12.0. The Bertz CT molecular complexity index is 1080. The predicted molar refractivity (Wildman–Crippen MR) is 103 cm³/mol. The van der Waals surface area contributed by atoms with Crippen LogP contribution in [0, 0.1) is 0 Å². The Hall–Kier alpha value is -1.34. The zero-order chi connectivity index (χ0) is 25.4. The maximum Gasteiger partial charge on any atom is 0.481 e. The van der Waals surface area contributed by atoms with Crippen molar-refractivity contribution >= 4 is 15.6 Å². The number of phosphoric ester groups is 2. The van der Waals surface area contributed by atoms with Crippen LogP contribution in [-0.4, -0.2) is 101 Å². The lowest BCUT2D eigenvalue weighted by Gasteiger charge is -2.20. The summed E-state index contributed by atoms with van der Waals surface area (Å²) in [6.07, 6.45) is -12.2. The molecule has 20 heteroatoms. The third-order valence-corrected chi connectivity index (χ3v) is 7.41. The Morgan fingerprint density at radius 3 is 1.91 bits per heavy atom. The molecule has 1 aromatic heterocycles. The zero-order valence-electron chi connectivity index (χ0n) is 16.8. The quantitative estimate of drug-likeness (QED) is 0.139.